The Balaban J connectivity index is 2.57. The van der Waals surface area contributed by atoms with Crippen molar-refractivity contribution in [2.45, 2.75) is 4.90 Å². The number of carbonyl (C=O) groups is 1. The molecule has 118 valence electrons. The third-order valence-corrected chi connectivity index (χ3v) is 5.69. The molecule has 0 aliphatic carbocycles. The quantitative estimate of drug-likeness (QED) is 0.853. The van der Waals surface area contributed by atoms with E-state index < -0.39 is 9.84 Å². The molecule has 7 nitrogen and oxygen atoms in total. The number of hydrogen-bond acceptors (Lipinski definition) is 7. The van der Waals surface area contributed by atoms with E-state index in [2.05, 4.69) is 0 Å². The van der Waals surface area contributed by atoms with Crippen molar-refractivity contribution < 1.29 is 17.9 Å². The Morgan fingerprint density at radius 3 is 2.38 bits per heavy atom. The zero-order valence-electron chi connectivity index (χ0n) is 12.2. The molecule has 1 saturated heterocycles. The average Bonchev–Trinajstić information content (AvgIpc) is 2.76. The SMILES string of the molecule is CN(C)C(=O)c1sc(N2CCOCC2)c(S(C)(=O)=O)c1N. The van der Waals surface area contributed by atoms with Crippen LogP contribution in [0.5, 0.6) is 0 Å². The van der Waals surface area contributed by atoms with E-state index in [1.807, 2.05) is 4.90 Å². The summed E-state index contributed by atoms with van der Waals surface area (Å²) in [4.78, 5) is 15.8. The second kappa shape index (κ2) is 5.82. The summed E-state index contributed by atoms with van der Waals surface area (Å²) < 4.78 is 29.4. The first kappa shape index (κ1) is 16.1. The number of nitrogens with zero attached hydrogens (tertiary/aromatic N) is 2. The molecule has 0 radical (unpaired) electrons. The Bertz CT molecular complexity index is 646. The molecule has 0 aromatic carbocycles. The van der Waals surface area contributed by atoms with E-state index >= 15 is 0 Å². The van der Waals surface area contributed by atoms with E-state index in [0.29, 0.717) is 31.3 Å². The number of nitrogens with two attached hydrogens (primary N) is 1. The van der Waals surface area contributed by atoms with Crippen molar-refractivity contribution in [3.63, 3.8) is 0 Å². The van der Waals surface area contributed by atoms with Crippen molar-refractivity contribution >= 4 is 37.8 Å². The minimum Gasteiger partial charge on any atom is -0.396 e. The van der Waals surface area contributed by atoms with E-state index in [0.717, 1.165) is 17.6 Å². The monoisotopic (exact) mass is 333 g/mol. The molecule has 0 saturated carbocycles. The number of amides is 1. The summed E-state index contributed by atoms with van der Waals surface area (Å²) >= 11 is 1.13. The van der Waals surface area contributed by atoms with E-state index in [4.69, 9.17) is 10.5 Å². The van der Waals surface area contributed by atoms with Gasteiger partial charge < -0.3 is 20.3 Å². The number of anilines is 2. The average molecular weight is 333 g/mol. The van der Waals surface area contributed by atoms with Crippen molar-refractivity contribution in [1.29, 1.82) is 0 Å². The maximum absolute atomic E-state index is 12.2. The minimum atomic E-state index is -3.52. The predicted molar refractivity (Wildman–Crippen MR) is 82.9 cm³/mol. The second-order valence-corrected chi connectivity index (χ2v) is 8.00. The lowest BCUT2D eigenvalue weighted by Crippen LogP contribution is -2.36. The molecule has 0 spiro atoms. The lowest BCUT2D eigenvalue weighted by atomic mass is 10.3. The van der Waals surface area contributed by atoms with Gasteiger partial charge >= 0.3 is 0 Å². The number of carbonyl (C=O) groups excluding carboxylic acids is 1. The lowest BCUT2D eigenvalue weighted by molar-refractivity contribution is 0.0833. The molecule has 21 heavy (non-hydrogen) atoms. The third kappa shape index (κ3) is 3.14. The first-order valence-corrected chi connectivity index (χ1v) is 9.11. The normalized spacial score (nSPS) is 16.0. The summed E-state index contributed by atoms with van der Waals surface area (Å²) in [6.07, 6.45) is 1.11. The van der Waals surface area contributed by atoms with Gasteiger partial charge in [0.15, 0.2) is 9.84 Å². The van der Waals surface area contributed by atoms with Gasteiger partial charge in [-0.15, -0.1) is 11.3 Å². The maximum Gasteiger partial charge on any atom is 0.265 e. The molecule has 1 aromatic heterocycles. The van der Waals surface area contributed by atoms with Crippen LogP contribution in [0, 0.1) is 0 Å². The van der Waals surface area contributed by atoms with Crippen molar-refractivity contribution in [3.05, 3.63) is 4.88 Å². The zero-order chi connectivity index (χ0) is 15.8. The van der Waals surface area contributed by atoms with E-state index in [1.54, 1.807) is 14.1 Å². The standard InChI is InChI=1S/C12H19N3O4S2/c1-14(2)11(16)9-8(13)10(21(3,17)18)12(20-9)15-4-6-19-7-5-15/h4-7,13H2,1-3H3. The van der Waals surface area contributed by atoms with Gasteiger partial charge in [0.05, 0.1) is 18.9 Å². The van der Waals surface area contributed by atoms with Crippen LogP contribution in [0.4, 0.5) is 10.7 Å². The van der Waals surface area contributed by atoms with Gasteiger partial charge in [0.25, 0.3) is 5.91 Å². The molecule has 1 aromatic rings. The molecule has 1 fully saturated rings. The van der Waals surface area contributed by atoms with Crippen LogP contribution in [0.1, 0.15) is 9.67 Å². The van der Waals surface area contributed by atoms with Gasteiger partial charge in [-0.3, -0.25) is 4.79 Å². The van der Waals surface area contributed by atoms with Gasteiger partial charge in [0, 0.05) is 33.4 Å². The molecule has 0 bridgehead atoms. The van der Waals surface area contributed by atoms with Gasteiger partial charge in [-0.05, 0) is 0 Å². The van der Waals surface area contributed by atoms with Crippen LogP contribution >= 0.6 is 11.3 Å². The zero-order valence-corrected chi connectivity index (χ0v) is 13.9. The summed E-state index contributed by atoms with van der Waals surface area (Å²) in [5, 5.41) is 0.531. The molecular weight excluding hydrogens is 314 g/mol. The summed E-state index contributed by atoms with van der Waals surface area (Å²) in [7, 11) is -0.305. The fraction of sp³-hybridized carbons (Fsp3) is 0.583. The van der Waals surface area contributed by atoms with E-state index in [9.17, 15) is 13.2 Å². The van der Waals surface area contributed by atoms with Crippen LogP contribution < -0.4 is 10.6 Å². The highest BCUT2D eigenvalue weighted by Crippen LogP contribution is 2.42. The summed E-state index contributed by atoms with van der Waals surface area (Å²) in [6.45, 7) is 2.21. The number of sulfone groups is 1. The highest BCUT2D eigenvalue weighted by atomic mass is 32.2. The molecule has 1 aliphatic rings. The second-order valence-electron chi connectivity index (χ2n) is 5.05. The van der Waals surface area contributed by atoms with Crippen LogP contribution in [0.15, 0.2) is 4.90 Å². The fourth-order valence-corrected chi connectivity index (χ4v) is 4.89. The Hall–Kier alpha value is -1.32. The number of rotatable bonds is 3. The minimum absolute atomic E-state index is 0.0442. The van der Waals surface area contributed by atoms with Crippen molar-refractivity contribution in [2.24, 2.45) is 0 Å². The Kier molecular flexibility index (Phi) is 4.45. The molecule has 2 N–H and O–H groups in total. The number of hydrogen-bond donors (Lipinski definition) is 1. The fourth-order valence-electron chi connectivity index (χ4n) is 2.11. The Labute approximate surface area is 128 Å². The Morgan fingerprint density at radius 2 is 1.90 bits per heavy atom. The van der Waals surface area contributed by atoms with Gasteiger partial charge in [0.1, 0.15) is 14.8 Å². The highest BCUT2D eigenvalue weighted by Gasteiger charge is 2.30. The number of thiophene rings is 1. The molecule has 2 heterocycles. The summed E-state index contributed by atoms with van der Waals surface area (Å²) in [5.41, 5.74) is 6.01. The van der Waals surface area contributed by atoms with Gasteiger partial charge in [0.2, 0.25) is 0 Å². The number of morpholine rings is 1. The molecule has 0 atom stereocenters. The maximum atomic E-state index is 12.2. The van der Waals surface area contributed by atoms with Crippen LogP contribution in [0.2, 0.25) is 0 Å². The lowest BCUT2D eigenvalue weighted by Gasteiger charge is -2.28. The van der Waals surface area contributed by atoms with Crippen LogP contribution in [0.3, 0.4) is 0 Å². The van der Waals surface area contributed by atoms with Gasteiger partial charge in [-0.25, -0.2) is 8.42 Å². The first-order chi connectivity index (χ1) is 9.73. The molecule has 2 rings (SSSR count). The smallest absolute Gasteiger partial charge is 0.265 e. The third-order valence-electron chi connectivity index (χ3n) is 3.15. The molecular formula is C12H19N3O4S2. The van der Waals surface area contributed by atoms with Crippen LogP contribution in [0.25, 0.3) is 0 Å². The van der Waals surface area contributed by atoms with Crippen LogP contribution in [-0.4, -0.2) is 65.9 Å². The first-order valence-electron chi connectivity index (χ1n) is 6.40. The number of ether oxygens (including phenoxy) is 1. The number of nitrogen functional groups attached to an aromatic ring is 1. The topological polar surface area (TPSA) is 92.9 Å². The van der Waals surface area contributed by atoms with Crippen molar-refractivity contribution in [3.8, 4) is 0 Å². The molecule has 0 unspecified atom stereocenters. The van der Waals surface area contributed by atoms with Crippen molar-refractivity contribution in [1.82, 2.24) is 4.90 Å². The van der Waals surface area contributed by atoms with Gasteiger partial charge in [-0.2, -0.15) is 0 Å². The predicted octanol–water partition coefficient (Wildman–Crippen LogP) is 0.272. The highest BCUT2D eigenvalue weighted by molar-refractivity contribution is 7.91. The van der Waals surface area contributed by atoms with Crippen molar-refractivity contribution in [2.75, 3.05) is 57.3 Å². The van der Waals surface area contributed by atoms with Gasteiger partial charge in [-0.1, -0.05) is 0 Å². The Morgan fingerprint density at radius 1 is 1.33 bits per heavy atom. The molecule has 1 aliphatic heterocycles. The summed E-state index contributed by atoms with van der Waals surface area (Å²) in [6, 6.07) is 0. The van der Waals surface area contributed by atoms with E-state index in [-0.39, 0.29) is 21.4 Å². The molecule has 1 amide bonds. The van der Waals surface area contributed by atoms with Crippen LogP contribution in [-0.2, 0) is 14.6 Å². The molecule has 9 heteroatoms. The largest absolute Gasteiger partial charge is 0.396 e. The van der Waals surface area contributed by atoms with E-state index in [1.165, 1.54) is 4.90 Å². The summed E-state index contributed by atoms with van der Waals surface area (Å²) in [5.74, 6) is -0.290.